The number of hydrogen-bond donors (Lipinski definition) is 2. The molecule has 0 radical (unpaired) electrons. The number of hydrogen-bond acceptors (Lipinski definition) is 16. The van der Waals surface area contributed by atoms with Crippen LogP contribution in [-0.4, -0.2) is 116 Å². The summed E-state index contributed by atoms with van der Waals surface area (Å²) in [7, 11) is 4.65. The van der Waals surface area contributed by atoms with Gasteiger partial charge in [0.1, 0.15) is 41.2 Å². The van der Waals surface area contributed by atoms with Gasteiger partial charge in [-0.15, -0.1) is 0 Å². The van der Waals surface area contributed by atoms with Gasteiger partial charge in [-0.3, -0.25) is 30.0 Å². The summed E-state index contributed by atoms with van der Waals surface area (Å²) in [4.78, 5) is 53.0. The average molecular weight is 969 g/mol. The van der Waals surface area contributed by atoms with Crippen molar-refractivity contribution < 1.29 is 52.8 Å². The Hall–Kier alpha value is -7.51. The van der Waals surface area contributed by atoms with E-state index in [0.717, 1.165) is 22.3 Å². The first-order valence-corrected chi connectivity index (χ1v) is 23.0. The number of aliphatic hydroxyl groups excluding tert-OH is 1. The fourth-order valence-electron chi connectivity index (χ4n) is 8.66. The molecule has 0 spiro atoms. The number of amides is 1. The number of esters is 1. The Kier molecular flexibility index (Phi) is 15.2. The lowest BCUT2D eigenvalue weighted by Gasteiger charge is -2.37. The van der Waals surface area contributed by atoms with Gasteiger partial charge in [-0.2, -0.15) is 4.99 Å². The van der Waals surface area contributed by atoms with Crippen LogP contribution in [0.4, 0.5) is 5.69 Å². The fourth-order valence-corrected chi connectivity index (χ4v) is 8.66. The van der Waals surface area contributed by atoms with Gasteiger partial charge in [0.05, 0.1) is 38.5 Å². The number of benzene rings is 5. The fraction of sp³-hybridized carbons (Fsp3) is 0.340. The summed E-state index contributed by atoms with van der Waals surface area (Å²) in [6.07, 6.45) is -3.62. The number of rotatable bonds is 17. The standard InChI is InChI=1S/C53H56N6O12/c1-52(2,3)34-15-27-41(28-16-34)68-31-43(60)55-51-56-48-45(49(57-51)71-44(61)29-14-33-12-21-38(22-13-33)59(63)64)54-32-58(48)50-47(67-6)46(62)42(70-50)30-69-53(35-10-8-7-9-11-35,36-17-23-39(65-4)24-18-36)37-19-25-40(66-5)26-20-37/h7-13,15-28,32,42,45-48,50,62H,14,29-31H2,1-6H3,(H,55,56,60)/t42-,45?,46-,47-,48?,50-/m1/s1. The Bertz CT molecular complexity index is 2700. The van der Waals surface area contributed by atoms with E-state index in [1.54, 1.807) is 43.4 Å². The molecule has 6 atom stereocenters. The van der Waals surface area contributed by atoms with Gasteiger partial charge in [-0.05, 0) is 76.1 Å². The number of nitrogens with zero attached hydrogens (tertiary/aromatic N) is 5. The monoisotopic (exact) mass is 968 g/mol. The van der Waals surface area contributed by atoms with Crippen LogP contribution in [0.5, 0.6) is 17.2 Å². The van der Waals surface area contributed by atoms with Crippen LogP contribution in [-0.2, 0) is 46.0 Å². The van der Waals surface area contributed by atoms with Crippen LogP contribution < -0.4 is 19.5 Å². The van der Waals surface area contributed by atoms with Gasteiger partial charge in [-0.25, -0.2) is 4.99 Å². The van der Waals surface area contributed by atoms with E-state index in [1.165, 1.54) is 25.6 Å². The van der Waals surface area contributed by atoms with Gasteiger partial charge in [0.15, 0.2) is 25.0 Å². The number of nitro benzene ring substituents is 1. The van der Waals surface area contributed by atoms with Gasteiger partial charge in [-0.1, -0.05) is 99.6 Å². The second-order valence-corrected chi connectivity index (χ2v) is 18.1. The van der Waals surface area contributed by atoms with Gasteiger partial charge in [0.25, 0.3) is 11.6 Å². The third-order valence-corrected chi connectivity index (χ3v) is 12.5. The van der Waals surface area contributed by atoms with Crippen molar-refractivity contribution in [1.29, 1.82) is 0 Å². The maximum atomic E-state index is 13.4. The Labute approximate surface area is 411 Å². The highest BCUT2D eigenvalue weighted by molar-refractivity contribution is 6.08. The number of methoxy groups -OCH3 is 3. The van der Waals surface area contributed by atoms with Crippen LogP contribution >= 0.6 is 0 Å². The number of fused-ring (bicyclic) bond motifs is 1. The molecule has 8 rings (SSSR count). The molecule has 5 aromatic carbocycles. The van der Waals surface area contributed by atoms with Crippen molar-refractivity contribution in [1.82, 2.24) is 10.2 Å². The summed E-state index contributed by atoms with van der Waals surface area (Å²) in [6.45, 7) is 5.78. The third-order valence-electron chi connectivity index (χ3n) is 12.5. The van der Waals surface area contributed by atoms with Crippen molar-refractivity contribution in [2.75, 3.05) is 34.5 Å². The number of nitrogens with one attached hydrogen (secondary N) is 1. The Morgan fingerprint density at radius 3 is 1.97 bits per heavy atom. The molecular weight excluding hydrogens is 913 g/mol. The normalized spacial score (nSPS) is 20.6. The van der Waals surface area contributed by atoms with E-state index >= 15 is 0 Å². The van der Waals surface area contributed by atoms with Crippen LogP contribution in [0.25, 0.3) is 0 Å². The average Bonchev–Trinajstić information content (AvgIpc) is 3.95. The van der Waals surface area contributed by atoms with E-state index in [4.69, 9.17) is 38.2 Å². The molecule has 370 valence electrons. The van der Waals surface area contributed by atoms with Crippen LogP contribution in [0.1, 0.15) is 55.0 Å². The second kappa shape index (κ2) is 21.6. The summed E-state index contributed by atoms with van der Waals surface area (Å²) in [5.74, 6) is 0.209. The van der Waals surface area contributed by atoms with Crippen molar-refractivity contribution in [2.45, 2.75) is 81.4 Å². The van der Waals surface area contributed by atoms with Crippen molar-refractivity contribution in [3.05, 3.63) is 165 Å². The van der Waals surface area contributed by atoms with Gasteiger partial charge in [0.2, 0.25) is 11.9 Å². The summed E-state index contributed by atoms with van der Waals surface area (Å²) in [6, 6.07) is 37.2. The minimum Gasteiger partial charge on any atom is -0.497 e. The number of carbonyl (C=O) groups is 2. The molecule has 3 heterocycles. The molecule has 2 unspecified atom stereocenters. The largest absolute Gasteiger partial charge is 0.497 e. The summed E-state index contributed by atoms with van der Waals surface area (Å²) in [5.41, 5.74) is 2.77. The number of aryl methyl sites for hydroxylation is 1. The summed E-state index contributed by atoms with van der Waals surface area (Å²) >= 11 is 0. The predicted octanol–water partition coefficient (Wildman–Crippen LogP) is 6.50. The molecule has 18 nitrogen and oxygen atoms in total. The minimum absolute atomic E-state index is 0.0713. The smallest absolute Gasteiger partial charge is 0.312 e. The molecule has 2 N–H and O–H groups in total. The quantitative estimate of drug-likeness (QED) is 0.0442. The van der Waals surface area contributed by atoms with Crippen LogP contribution in [0.2, 0.25) is 0 Å². The maximum absolute atomic E-state index is 13.4. The lowest BCUT2D eigenvalue weighted by Crippen LogP contribution is -2.53. The molecule has 3 aliphatic rings. The zero-order valence-electron chi connectivity index (χ0n) is 40.2. The summed E-state index contributed by atoms with van der Waals surface area (Å²) < 4.78 is 42.4. The van der Waals surface area contributed by atoms with Gasteiger partial charge in [0, 0.05) is 19.2 Å². The molecule has 5 aromatic rings. The number of aliphatic imine (C=N–C) groups is 3. The van der Waals surface area contributed by atoms with E-state index in [-0.39, 0.29) is 49.0 Å². The number of nitro groups is 1. The highest BCUT2D eigenvalue weighted by Gasteiger charge is 2.53. The molecule has 1 amide bonds. The minimum atomic E-state index is -1.23. The topological polar surface area (TPSA) is 214 Å². The third kappa shape index (κ3) is 11.1. The van der Waals surface area contributed by atoms with Gasteiger partial charge < -0.3 is 43.2 Å². The molecule has 0 aliphatic carbocycles. The zero-order chi connectivity index (χ0) is 50.3. The zero-order valence-corrected chi connectivity index (χ0v) is 40.2. The van der Waals surface area contributed by atoms with Crippen LogP contribution in [0, 0.1) is 10.1 Å². The number of guanidine groups is 1. The molecule has 3 aliphatic heterocycles. The predicted molar refractivity (Wildman–Crippen MR) is 263 cm³/mol. The van der Waals surface area contributed by atoms with E-state index in [9.17, 15) is 24.8 Å². The van der Waals surface area contributed by atoms with E-state index < -0.39 is 59.1 Å². The molecule has 1 saturated heterocycles. The molecular formula is C53H56N6O12. The Balaban J connectivity index is 1.04. The maximum Gasteiger partial charge on any atom is 0.312 e. The first-order valence-electron chi connectivity index (χ1n) is 23.0. The Morgan fingerprint density at radius 2 is 1.39 bits per heavy atom. The first kappa shape index (κ1) is 49.9. The van der Waals surface area contributed by atoms with E-state index in [0.29, 0.717) is 22.8 Å². The lowest BCUT2D eigenvalue weighted by molar-refractivity contribution is -0.384. The van der Waals surface area contributed by atoms with E-state index in [1.807, 2.05) is 91.0 Å². The van der Waals surface area contributed by atoms with Gasteiger partial charge >= 0.3 is 5.97 Å². The summed E-state index contributed by atoms with van der Waals surface area (Å²) in [5, 5.41) is 25.8. The lowest BCUT2D eigenvalue weighted by atomic mass is 9.80. The first-order chi connectivity index (χ1) is 34.2. The highest BCUT2D eigenvalue weighted by atomic mass is 16.6. The van der Waals surface area contributed by atoms with Crippen molar-refractivity contribution in [3.63, 3.8) is 0 Å². The highest BCUT2D eigenvalue weighted by Crippen LogP contribution is 2.43. The van der Waals surface area contributed by atoms with Crippen LogP contribution in [0.15, 0.2) is 142 Å². The Morgan fingerprint density at radius 1 is 0.803 bits per heavy atom. The molecule has 18 heteroatoms. The van der Waals surface area contributed by atoms with E-state index in [2.05, 4.69) is 36.1 Å². The molecule has 1 fully saturated rings. The second-order valence-electron chi connectivity index (χ2n) is 18.1. The number of non-ortho nitro benzene ring substituents is 1. The number of aliphatic hydroxyl groups is 1. The SMILES string of the molecule is COc1ccc(C(OC[C@H]2O[C@@H](N3C=NC4C(OC(=O)CCc5ccc([N+](=O)[O-])cc5)=NC(NC(=O)COc5ccc(C(C)(C)C)cc5)=NC43)[C@H](OC)[C@@H]2O)(c2ccccc2)c2ccc(OC)cc2)cc1. The van der Waals surface area contributed by atoms with Crippen LogP contribution in [0.3, 0.4) is 0 Å². The number of ether oxygens (including phenoxy) is 7. The number of carbonyl (C=O) groups excluding carboxylic acids is 2. The molecule has 0 bridgehead atoms. The molecule has 71 heavy (non-hydrogen) atoms. The van der Waals surface area contributed by atoms with Crippen molar-refractivity contribution in [3.8, 4) is 17.2 Å². The molecule has 0 aromatic heterocycles. The van der Waals surface area contributed by atoms with Crippen molar-refractivity contribution in [2.24, 2.45) is 15.0 Å². The van der Waals surface area contributed by atoms with Crippen molar-refractivity contribution >= 4 is 35.8 Å². The molecule has 0 saturated carbocycles.